The van der Waals surface area contributed by atoms with Gasteiger partial charge in [0.1, 0.15) is 11.6 Å². The minimum absolute atomic E-state index is 0.0304. The fourth-order valence-corrected chi connectivity index (χ4v) is 6.54. The van der Waals surface area contributed by atoms with Crippen molar-refractivity contribution in [1.82, 2.24) is 10.3 Å². The van der Waals surface area contributed by atoms with Crippen molar-refractivity contribution in [3.8, 4) is 0 Å². The molecular weight excluding hydrogens is 577 g/mol. The first kappa shape index (κ1) is 34.1. The summed E-state index contributed by atoms with van der Waals surface area (Å²) in [7, 11) is 1.66. The Labute approximate surface area is 264 Å². The molecule has 0 radical (unpaired) electrons. The lowest BCUT2D eigenvalue weighted by atomic mass is 9.71. The van der Waals surface area contributed by atoms with Crippen LogP contribution in [0.25, 0.3) is 0 Å². The average Bonchev–Trinajstić information content (AvgIpc) is 3.28. The van der Waals surface area contributed by atoms with E-state index in [4.69, 9.17) is 4.98 Å². The smallest absolute Gasteiger partial charge is 0.284 e. The Morgan fingerprint density at radius 3 is 2.43 bits per heavy atom. The van der Waals surface area contributed by atoms with Crippen molar-refractivity contribution in [1.29, 1.82) is 0 Å². The third-order valence-corrected chi connectivity index (χ3v) is 9.40. The number of hydrogen-bond donors (Lipinski definition) is 2. The number of nitrogens with one attached hydrogen (secondary N) is 2. The molecule has 2 N–H and O–H groups in total. The number of fused-ring (bicyclic) bond motifs is 1. The number of aromatic nitrogens is 1. The van der Waals surface area contributed by atoms with E-state index in [1.807, 2.05) is 53.7 Å². The van der Waals surface area contributed by atoms with E-state index in [0.717, 1.165) is 30.7 Å². The maximum absolute atomic E-state index is 15.0. The summed E-state index contributed by atoms with van der Waals surface area (Å²) in [5.41, 5.74) is 0.00129. The summed E-state index contributed by atoms with van der Waals surface area (Å²) in [6.45, 7) is 13.3. The van der Waals surface area contributed by atoms with Crippen molar-refractivity contribution < 1.29 is 13.6 Å². The van der Waals surface area contributed by atoms with Gasteiger partial charge in [-0.15, -0.1) is 0 Å². The van der Waals surface area contributed by atoms with Crippen molar-refractivity contribution >= 4 is 38.7 Å². The van der Waals surface area contributed by atoms with Crippen LogP contribution in [-0.2, 0) is 12.2 Å². The molecule has 3 atom stereocenters. The van der Waals surface area contributed by atoms with E-state index in [1.165, 1.54) is 25.7 Å². The summed E-state index contributed by atoms with van der Waals surface area (Å²) in [5, 5.41) is 15.4. The lowest BCUT2D eigenvalue weighted by Gasteiger charge is -2.34. The Balaban J connectivity index is 0.00000216. The topological polar surface area (TPSA) is 82.0 Å². The number of nitrogens with zero attached hydrogens (tertiary/aromatic N) is 4. The Morgan fingerprint density at radius 2 is 1.86 bits per heavy atom. The number of amides is 1. The highest BCUT2D eigenvalue weighted by atomic mass is 31.0. The number of carbonyl (C=O) groups is 1. The third kappa shape index (κ3) is 7.54. The number of carbonyl (C=O) groups excluding carboxylic acids is 1. The standard InChI is InChI=1S/C32H43F2N6OP.C2H6/c1-5-35-28-15-24(30(22-11-8-12-22)20(4)39-37-6-2)16-29(38-28)40-18-26-25(31(40)41)13-23(14-27(26)32(33,34)42)19(3)36-17-21-9-7-10-21;1-2/h6,13-16,19,21-22,30,36H,5,7-12,17-18,42H2,1-4H3,(H,35,38);1-2H3/b37-6-,39-20+;. The molecule has 2 fully saturated rings. The summed E-state index contributed by atoms with van der Waals surface area (Å²) in [5.74, 6) is 1.89. The van der Waals surface area contributed by atoms with Gasteiger partial charge in [-0.2, -0.15) is 19.0 Å². The van der Waals surface area contributed by atoms with Crippen LogP contribution in [0, 0.1) is 11.8 Å². The quantitative estimate of drug-likeness (QED) is 0.141. The molecule has 5 rings (SSSR count). The van der Waals surface area contributed by atoms with Crippen molar-refractivity contribution in [2.75, 3.05) is 23.3 Å². The van der Waals surface area contributed by atoms with E-state index in [0.29, 0.717) is 46.7 Å². The van der Waals surface area contributed by atoms with E-state index >= 15 is 8.78 Å². The second kappa shape index (κ2) is 15.0. The van der Waals surface area contributed by atoms with Crippen LogP contribution in [0.4, 0.5) is 20.4 Å². The molecule has 0 saturated heterocycles. The number of anilines is 2. The minimum atomic E-state index is -3.17. The minimum Gasteiger partial charge on any atom is -0.370 e. The highest BCUT2D eigenvalue weighted by Crippen LogP contribution is 2.45. The van der Waals surface area contributed by atoms with E-state index in [2.05, 4.69) is 20.8 Å². The molecule has 0 spiro atoms. The predicted octanol–water partition coefficient (Wildman–Crippen LogP) is 8.43. The number of alkyl halides is 2. The summed E-state index contributed by atoms with van der Waals surface area (Å²) < 4.78 is 30.0. The van der Waals surface area contributed by atoms with Crippen molar-refractivity contribution in [3.05, 3.63) is 52.1 Å². The zero-order valence-electron chi connectivity index (χ0n) is 27.1. The van der Waals surface area contributed by atoms with Crippen LogP contribution in [0.3, 0.4) is 0 Å². The molecule has 3 aliphatic rings. The van der Waals surface area contributed by atoms with Crippen LogP contribution >= 0.6 is 9.24 Å². The van der Waals surface area contributed by atoms with E-state index < -0.39 is 5.66 Å². The fraction of sp³-hybridized carbons (Fsp3) is 0.588. The van der Waals surface area contributed by atoms with Crippen LogP contribution in [0.1, 0.15) is 125 Å². The van der Waals surface area contributed by atoms with Gasteiger partial charge in [-0.1, -0.05) is 35.9 Å². The van der Waals surface area contributed by atoms with Gasteiger partial charge in [-0.25, -0.2) is 4.98 Å². The van der Waals surface area contributed by atoms with E-state index in [-0.39, 0.29) is 30.0 Å². The van der Waals surface area contributed by atoms with Crippen LogP contribution < -0.4 is 15.5 Å². The van der Waals surface area contributed by atoms with Crippen LogP contribution in [0.5, 0.6) is 0 Å². The van der Waals surface area contributed by atoms with Crippen LogP contribution in [-0.4, -0.2) is 35.9 Å². The molecule has 240 valence electrons. The molecule has 1 aromatic heterocycles. The maximum Gasteiger partial charge on any atom is 0.284 e. The molecule has 2 saturated carbocycles. The predicted molar refractivity (Wildman–Crippen MR) is 181 cm³/mol. The summed E-state index contributed by atoms with van der Waals surface area (Å²) in [4.78, 5) is 20.3. The Bertz CT molecular complexity index is 1370. The highest BCUT2D eigenvalue weighted by Gasteiger charge is 2.39. The largest absolute Gasteiger partial charge is 0.370 e. The SMILES string of the molecule is C/C=N\N=C(/C)C(c1cc(NCC)nc(N2Cc3c(cc(C(C)NCC4CCC4)cc3C(F)(F)P)C2=O)c1)C1CCC1.CC. The van der Waals surface area contributed by atoms with Crippen molar-refractivity contribution in [2.45, 2.75) is 104 Å². The normalized spacial score (nSPS) is 18.8. The first-order chi connectivity index (χ1) is 21.1. The zero-order valence-corrected chi connectivity index (χ0v) is 28.2. The molecular formula is C34H49F2N6OP. The van der Waals surface area contributed by atoms with Gasteiger partial charge in [0.25, 0.3) is 11.6 Å². The van der Waals surface area contributed by atoms with E-state index in [1.54, 1.807) is 32.5 Å². The average molecular weight is 627 g/mol. The number of halogens is 2. The highest BCUT2D eigenvalue weighted by molar-refractivity contribution is 7.17. The van der Waals surface area contributed by atoms with Crippen molar-refractivity contribution in [2.24, 2.45) is 22.0 Å². The Morgan fingerprint density at radius 1 is 1.16 bits per heavy atom. The number of hydrogen-bond acceptors (Lipinski definition) is 6. The molecule has 10 heteroatoms. The summed E-state index contributed by atoms with van der Waals surface area (Å²) >= 11 is 0. The Kier molecular flexibility index (Phi) is 11.6. The molecule has 3 unspecified atom stereocenters. The van der Waals surface area contributed by atoms with Gasteiger partial charge < -0.3 is 10.6 Å². The summed E-state index contributed by atoms with van der Waals surface area (Å²) in [6.07, 6.45) is 8.68. The van der Waals surface area contributed by atoms with Gasteiger partial charge >= 0.3 is 0 Å². The first-order valence-corrected chi connectivity index (χ1v) is 16.9. The van der Waals surface area contributed by atoms with Gasteiger partial charge in [0.15, 0.2) is 0 Å². The molecule has 7 nitrogen and oxygen atoms in total. The second-order valence-corrected chi connectivity index (χ2v) is 12.7. The lowest BCUT2D eigenvalue weighted by molar-refractivity contribution is 0.0996. The Hall–Kier alpha value is -2.77. The fourth-order valence-electron chi connectivity index (χ4n) is 6.29. The van der Waals surface area contributed by atoms with Gasteiger partial charge in [0, 0.05) is 41.6 Å². The number of rotatable bonds is 12. The maximum atomic E-state index is 15.0. The van der Waals surface area contributed by atoms with Crippen molar-refractivity contribution in [3.63, 3.8) is 0 Å². The molecule has 2 heterocycles. The number of benzene rings is 1. The first-order valence-electron chi connectivity index (χ1n) is 16.3. The second-order valence-electron chi connectivity index (χ2n) is 12.0. The number of pyridine rings is 1. The van der Waals surface area contributed by atoms with Crippen LogP contribution in [0.2, 0.25) is 0 Å². The third-order valence-electron chi connectivity index (χ3n) is 9.09. The molecule has 1 aromatic carbocycles. The van der Waals surface area contributed by atoms with Gasteiger partial charge in [0.05, 0.1) is 6.54 Å². The van der Waals surface area contributed by atoms with E-state index in [9.17, 15) is 4.79 Å². The molecule has 1 amide bonds. The zero-order chi connectivity index (χ0) is 32.0. The summed E-state index contributed by atoms with van der Waals surface area (Å²) in [6, 6.07) is 7.16. The molecule has 0 bridgehead atoms. The van der Waals surface area contributed by atoms with Gasteiger partial charge in [0.2, 0.25) is 0 Å². The molecule has 1 aliphatic heterocycles. The van der Waals surface area contributed by atoms with Gasteiger partial charge in [-0.05, 0) is 113 Å². The monoisotopic (exact) mass is 626 g/mol. The molecule has 2 aliphatic carbocycles. The van der Waals surface area contributed by atoms with Crippen LogP contribution in [0.15, 0.2) is 34.5 Å². The molecule has 2 aromatic rings. The molecule has 44 heavy (non-hydrogen) atoms. The van der Waals surface area contributed by atoms with Gasteiger partial charge in [-0.3, -0.25) is 9.69 Å². The lowest BCUT2D eigenvalue weighted by Crippen LogP contribution is -2.29.